The van der Waals surface area contributed by atoms with Gasteiger partial charge in [-0.25, -0.2) is 4.39 Å². The van der Waals surface area contributed by atoms with E-state index >= 15 is 0 Å². The predicted molar refractivity (Wildman–Crippen MR) is 73.8 cm³/mol. The van der Waals surface area contributed by atoms with Gasteiger partial charge >= 0.3 is 5.69 Å². The van der Waals surface area contributed by atoms with E-state index in [4.69, 9.17) is 9.47 Å². The first-order valence-electron chi connectivity index (χ1n) is 5.57. The zero-order valence-corrected chi connectivity index (χ0v) is 12.2. The number of nitrogens with zero attached hydrogens (tertiary/aromatic N) is 1. The summed E-state index contributed by atoms with van der Waals surface area (Å²) in [5.41, 5.74) is -0.259. The van der Waals surface area contributed by atoms with E-state index in [1.165, 1.54) is 25.3 Å². The van der Waals surface area contributed by atoms with Crippen molar-refractivity contribution in [2.75, 3.05) is 7.11 Å². The lowest BCUT2D eigenvalue weighted by molar-refractivity contribution is -0.385. The van der Waals surface area contributed by atoms with Crippen molar-refractivity contribution < 1.29 is 23.2 Å². The molecule has 0 atom stereocenters. The van der Waals surface area contributed by atoms with Gasteiger partial charge in [-0.2, -0.15) is 4.39 Å². The molecule has 2 aromatic carbocycles. The molecule has 0 fully saturated rings. The van der Waals surface area contributed by atoms with E-state index in [1.54, 1.807) is 0 Å². The Morgan fingerprint density at radius 2 is 1.90 bits per heavy atom. The molecule has 0 N–H and O–H groups in total. The van der Waals surface area contributed by atoms with Crippen LogP contribution in [0, 0.1) is 21.7 Å². The monoisotopic (exact) mass is 359 g/mol. The molecular formula is C13H8BrF2NO4. The molecule has 21 heavy (non-hydrogen) atoms. The molecule has 110 valence electrons. The van der Waals surface area contributed by atoms with Crippen LogP contribution in [0.5, 0.6) is 17.2 Å². The Balaban J connectivity index is 2.39. The van der Waals surface area contributed by atoms with Crippen LogP contribution in [0.3, 0.4) is 0 Å². The largest absolute Gasteiger partial charge is 0.490 e. The second-order valence-corrected chi connectivity index (χ2v) is 4.81. The molecule has 0 aliphatic heterocycles. The van der Waals surface area contributed by atoms with E-state index in [9.17, 15) is 18.9 Å². The standard InChI is InChI=1S/C13H8BrF2NO4/c1-20-11-6-8(2-3-10(11)17(18)19)21-12-5-7(14)4-9(15)13(12)16/h2-6H,1H3. The molecular weight excluding hydrogens is 352 g/mol. The van der Waals surface area contributed by atoms with Crippen LogP contribution in [0.15, 0.2) is 34.8 Å². The Bertz CT molecular complexity index is 709. The Labute approximate surface area is 126 Å². The number of halogens is 3. The van der Waals surface area contributed by atoms with Gasteiger partial charge in [0.05, 0.1) is 12.0 Å². The minimum Gasteiger partial charge on any atom is -0.490 e. The molecule has 0 bridgehead atoms. The zero-order chi connectivity index (χ0) is 15.6. The maximum absolute atomic E-state index is 13.6. The fourth-order valence-electron chi connectivity index (χ4n) is 1.61. The number of methoxy groups -OCH3 is 1. The Morgan fingerprint density at radius 1 is 1.19 bits per heavy atom. The molecule has 0 heterocycles. The van der Waals surface area contributed by atoms with Gasteiger partial charge in [-0.1, -0.05) is 15.9 Å². The molecule has 0 spiro atoms. The van der Waals surface area contributed by atoms with Crippen LogP contribution in [0.2, 0.25) is 0 Å². The number of nitro benzene ring substituents is 1. The lowest BCUT2D eigenvalue weighted by atomic mass is 10.2. The molecule has 0 aromatic heterocycles. The number of rotatable bonds is 4. The van der Waals surface area contributed by atoms with Crippen molar-refractivity contribution in [2.24, 2.45) is 0 Å². The summed E-state index contributed by atoms with van der Waals surface area (Å²) in [6.07, 6.45) is 0. The average Bonchev–Trinajstić information content (AvgIpc) is 2.43. The molecule has 0 saturated carbocycles. The maximum atomic E-state index is 13.6. The minimum absolute atomic E-state index is 0.0478. The third kappa shape index (κ3) is 3.27. The van der Waals surface area contributed by atoms with Gasteiger partial charge in [-0.3, -0.25) is 10.1 Å². The third-order valence-electron chi connectivity index (χ3n) is 2.54. The Kier molecular flexibility index (Phi) is 4.37. The molecule has 2 rings (SSSR count). The predicted octanol–water partition coefficient (Wildman–Crippen LogP) is 4.44. The van der Waals surface area contributed by atoms with E-state index in [-0.39, 0.29) is 22.9 Å². The smallest absolute Gasteiger partial charge is 0.311 e. The first kappa shape index (κ1) is 15.2. The fraction of sp³-hybridized carbons (Fsp3) is 0.0769. The van der Waals surface area contributed by atoms with Gasteiger partial charge < -0.3 is 9.47 Å². The van der Waals surface area contributed by atoms with Gasteiger partial charge in [-0.15, -0.1) is 0 Å². The van der Waals surface area contributed by atoms with Gasteiger partial charge in [0, 0.05) is 16.6 Å². The van der Waals surface area contributed by atoms with E-state index < -0.39 is 16.6 Å². The van der Waals surface area contributed by atoms with E-state index in [1.807, 2.05) is 0 Å². The first-order chi connectivity index (χ1) is 9.92. The number of ether oxygens (including phenoxy) is 2. The summed E-state index contributed by atoms with van der Waals surface area (Å²) < 4.78 is 37.2. The van der Waals surface area contributed by atoms with Crippen LogP contribution in [-0.4, -0.2) is 12.0 Å². The highest BCUT2D eigenvalue weighted by Gasteiger charge is 2.17. The number of hydrogen-bond acceptors (Lipinski definition) is 4. The summed E-state index contributed by atoms with van der Waals surface area (Å²) in [7, 11) is 1.26. The highest BCUT2D eigenvalue weighted by molar-refractivity contribution is 9.10. The second-order valence-electron chi connectivity index (χ2n) is 3.89. The van der Waals surface area contributed by atoms with Crippen molar-refractivity contribution in [3.05, 3.63) is 56.6 Å². The van der Waals surface area contributed by atoms with Crippen LogP contribution in [-0.2, 0) is 0 Å². The van der Waals surface area contributed by atoms with Crippen molar-refractivity contribution >= 4 is 21.6 Å². The van der Waals surface area contributed by atoms with E-state index in [0.717, 1.165) is 12.1 Å². The molecule has 0 amide bonds. The SMILES string of the molecule is COc1cc(Oc2cc(Br)cc(F)c2F)ccc1[N+](=O)[O-]. The van der Waals surface area contributed by atoms with Crippen LogP contribution < -0.4 is 9.47 Å². The summed E-state index contributed by atoms with van der Waals surface area (Å²) >= 11 is 3.02. The molecule has 0 radical (unpaired) electrons. The Hall–Kier alpha value is -2.22. The Morgan fingerprint density at radius 3 is 2.52 bits per heavy atom. The van der Waals surface area contributed by atoms with E-state index in [0.29, 0.717) is 4.47 Å². The molecule has 5 nitrogen and oxygen atoms in total. The lowest BCUT2D eigenvalue weighted by Crippen LogP contribution is -1.96. The number of benzene rings is 2. The summed E-state index contributed by atoms with van der Waals surface area (Å²) in [5, 5.41) is 10.8. The minimum atomic E-state index is -1.16. The summed E-state index contributed by atoms with van der Waals surface area (Å²) in [6, 6.07) is 5.83. The summed E-state index contributed by atoms with van der Waals surface area (Å²) in [6.45, 7) is 0. The van der Waals surface area contributed by atoms with Gasteiger partial charge in [0.1, 0.15) is 5.75 Å². The van der Waals surface area contributed by atoms with Gasteiger partial charge in [0.2, 0.25) is 11.6 Å². The van der Waals surface area contributed by atoms with Crippen molar-refractivity contribution in [3.8, 4) is 17.2 Å². The molecule has 0 saturated heterocycles. The average molecular weight is 360 g/mol. The molecule has 0 aliphatic rings. The van der Waals surface area contributed by atoms with Crippen LogP contribution in [0.4, 0.5) is 14.5 Å². The lowest BCUT2D eigenvalue weighted by Gasteiger charge is -2.09. The normalized spacial score (nSPS) is 10.3. The fourth-order valence-corrected chi connectivity index (χ4v) is 2.01. The molecule has 0 aliphatic carbocycles. The molecule has 0 unspecified atom stereocenters. The van der Waals surface area contributed by atoms with Crippen LogP contribution >= 0.6 is 15.9 Å². The molecule has 8 heteroatoms. The number of hydrogen-bond donors (Lipinski definition) is 0. The molecule has 2 aromatic rings. The van der Waals surface area contributed by atoms with Gasteiger partial charge in [0.15, 0.2) is 11.6 Å². The van der Waals surface area contributed by atoms with Crippen molar-refractivity contribution in [1.82, 2.24) is 0 Å². The topological polar surface area (TPSA) is 61.6 Å². The van der Waals surface area contributed by atoms with Gasteiger partial charge in [0.25, 0.3) is 0 Å². The van der Waals surface area contributed by atoms with E-state index in [2.05, 4.69) is 15.9 Å². The summed E-state index contributed by atoms with van der Waals surface area (Å²) in [4.78, 5) is 10.1. The quantitative estimate of drug-likeness (QED) is 0.460. The highest BCUT2D eigenvalue weighted by Crippen LogP contribution is 2.35. The van der Waals surface area contributed by atoms with Gasteiger partial charge in [-0.05, 0) is 18.2 Å². The van der Waals surface area contributed by atoms with Crippen molar-refractivity contribution in [1.29, 1.82) is 0 Å². The van der Waals surface area contributed by atoms with Crippen molar-refractivity contribution in [2.45, 2.75) is 0 Å². The third-order valence-corrected chi connectivity index (χ3v) is 2.99. The second kappa shape index (κ2) is 6.04. The van der Waals surface area contributed by atoms with Crippen molar-refractivity contribution in [3.63, 3.8) is 0 Å². The highest BCUT2D eigenvalue weighted by atomic mass is 79.9. The zero-order valence-electron chi connectivity index (χ0n) is 10.6. The first-order valence-corrected chi connectivity index (χ1v) is 6.36. The number of nitro groups is 1. The maximum Gasteiger partial charge on any atom is 0.311 e. The van der Waals surface area contributed by atoms with Crippen LogP contribution in [0.1, 0.15) is 0 Å². The summed E-state index contributed by atoms with van der Waals surface area (Å²) in [5.74, 6) is -2.55. The van der Waals surface area contributed by atoms with Crippen LogP contribution in [0.25, 0.3) is 0 Å².